The molecule has 0 bridgehead atoms. The maximum absolute atomic E-state index is 13.7. The van der Waals surface area contributed by atoms with E-state index < -0.39 is 33.1 Å². The third kappa shape index (κ3) is 4.47. The van der Waals surface area contributed by atoms with E-state index in [9.17, 15) is 22.0 Å². The van der Waals surface area contributed by atoms with Crippen LogP contribution in [0.5, 0.6) is 0 Å². The lowest BCUT2D eigenvalue weighted by atomic mass is 10.2. The molecule has 1 N–H and O–H groups in total. The third-order valence-corrected chi connectivity index (χ3v) is 5.99. The number of rotatable bonds is 6. The van der Waals surface area contributed by atoms with Crippen LogP contribution in [0.25, 0.3) is 0 Å². The average molecular weight is 384 g/mol. The zero-order chi connectivity index (χ0) is 18.7. The first-order valence-electron chi connectivity index (χ1n) is 8.05. The fourth-order valence-corrected chi connectivity index (χ4v) is 4.72. The smallest absolute Gasteiger partial charge is 0.238 e. The largest absolute Gasteiger partial charge is 0.468 e. The minimum Gasteiger partial charge on any atom is -0.468 e. The lowest BCUT2D eigenvalue weighted by Crippen LogP contribution is -2.41. The Balaban J connectivity index is 1.73. The zero-order valence-electron chi connectivity index (χ0n) is 13.8. The van der Waals surface area contributed by atoms with Crippen LogP contribution in [-0.4, -0.2) is 43.3 Å². The summed E-state index contributed by atoms with van der Waals surface area (Å²) in [6.45, 7) is 0.00895. The molecule has 1 aromatic heterocycles. The Labute approximate surface area is 149 Å². The summed E-state index contributed by atoms with van der Waals surface area (Å²) >= 11 is 0. The SMILES string of the molecule is O=C(CN(Cc1ccco1)[C@@H]1CCS(=O)(=O)C1)Nc1c(F)cccc1F. The molecule has 1 atom stereocenters. The van der Waals surface area contributed by atoms with E-state index in [0.717, 1.165) is 12.1 Å². The van der Waals surface area contributed by atoms with Crippen LogP contribution in [0.1, 0.15) is 12.2 Å². The predicted octanol–water partition coefficient (Wildman–Crippen LogP) is 2.19. The van der Waals surface area contributed by atoms with Gasteiger partial charge in [-0.2, -0.15) is 0 Å². The van der Waals surface area contributed by atoms with Gasteiger partial charge < -0.3 is 9.73 Å². The van der Waals surface area contributed by atoms with Gasteiger partial charge in [0.25, 0.3) is 0 Å². The molecule has 1 aliphatic heterocycles. The average Bonchev–Trinajstić information content (AvgIpc) is 3.20. The topological polar surface area (TPSA) is 79.6 Å². The molecule has 26 heavy (non-hydrogen) atoms. The molecule has 3 rings (SSSR count). The first-order valence-corrected chi connectivity index (χ1v) is 9.87. The van der Waals surface area contributed by atoms with Gasteiger partial charge in [-0.05, 0) is 30.7 Å². The number of halogens is 2. The van der Waals surface area contributed by atoms with Gasteiger partial charge in [0.1, 0.15) is 23.1 Å². The molecule has 0 aliphatic carbocycles. The van der Waals surface area contributed by atoms with Crippen molar-refractivity contribution in [1.82, 2.24) is 4.90 Å². The van der Waals surface area contributed by atoms with Crippen LogP contribution in [0.4, 0.5) is 14.5 Å². The van der Waals surface area contributed by atoms with Crippen molar-refractivity contribution in [2.45, 2.75) is 19.0 Å². The summed E-state index contributed by atoms with van der Waals surface area (Å²) in [5.41, 5.74) is -0.519. The van der Waals surface area contributed by atoms with E-state index in [4.69, 9.17) is 4.42 Å². The monoisotopic (exact) mass is 384 g/mol. The van der Waals surface area contributed by atoms with Gasteiger partial charge in [-0.3, -0.25) is 9.69 Å². The Kier molecular flexibility index (Phi) is 5.38. The molecule has 0 radical (unpaired) electrons. The predicted molar refractivity (Wildman–Crippen MR) is 91.2 cm³/mol. The van der Waals surface area contributed by atoms with Crippen molar-refractivity contribution < 1.29 is 26.4 Å². The van der Waals surface area contributed by atoms with E-state index in [1.807, 2.05) is 0 Å². The number of para-hydroxylation sites is 1. The van der Waals surface area contributed by atoms with Crippen molar-refractivity contribution in [3.63, 3.8) is 0 Å². The summed E-state index contributed by atoms with van der Waals surface area (Å²) in [5, 5.41) is 2.22. The van der Waals surface area contributed by atoms with Crippen LogP contribution in [0.3, 0.4) is 0 Å². The highest BCUT2D eigenvalue weighted by atomic mass is 32.2. The van der Waals surface area contributed by atoms with Gasteiger partial charge in [-0.1, -0.05) is 6.07 Å². The molecule has 1 aromatic carbocycles. The maximum atomic E-state index is 13.7. The van der Waals surface area contributed by atoms with E-state index in [-0.39, 0.29) is 30.6 Å². The van der Waals surface area contributed by atoms with Crippen LogP contribution >= 0.6 is 0 Å². The number of anilines is 1. The van der Waals surface area contributed by atoms with Crippen molar-refractivity contribution in [1.29, 1.82) is 0 Å². The van der Waals surface area contributed by atoms with Gasteiger partial charge in [0.2, 0.25) is 5.91 Å². The summed E-state index contributed by atoms with van der Waals surface area (Å²) in [5.74, 6) is -1.83. The number of nitrogens with zero attached hydrogens (tertiary/aromatic N) is 1. The highest BCUT2D eigenvalue weighted by Gasteiger charge is 2.33. The van der Waals surface area contributed by atoms with Crippen LogP contribution in [-0.2, 0) is 21.2 Å². The van der Waals surface area contributed by atoms with Crippen molar-refractivity contribution in [3.05, 3.63) is 54.0 Å². The molecule has 0 saturated carbocycles. The van der Waals surface area contributed by atoms with Crippen LogP contribution in [0.2, 0.25) is 0 Å². The van der Waals surface area contributed by atoms with Crippen molar-refractivity contribution in [2.75, 3.05) is 23.4 Å². The number of carbonyl (C=O) groups excluding carboxylic acids is 1. The Bertz CT molecular complexity index is 864. The Morgan fingerprint density at radius 1 is 1.23 bits per heavy atom. The second-order valence-electron chi connectivity index (χ2n) is 6.19. The van der Waals surface area contributed by atoms with Crippen molar-refractivity contribution in [3.8, 4) is 0 Å². The lowest BCUT2D eigenvalue weighted by Gasteiger charge is -2.26. The number of furan rings is 1. The summed E-state index contributed by atoms with van der Waals surface area (Å²) < 4.78 is 56.2. The first kappa shape index (κ1) is 18.5. The normalized spacial score (nSPS) is 19.0. The second-order valence-corrected chi connectivity index (χ2v) is 8.41. The third-order valence-electron chi connectivity index (χ3n) is 4.24. The molecule has 6 nitrogen and oxygen atoms in total. The summed E-state index contributed by atoms with van der Waals surface area (Å²) in [7, 11) is -3.15. The van der Waals surface area contributed by atoms with Gasteiger partial charge in [-0.15, -0.1) is 0 Å². The number of hydrogen-bond acceptors (Lipinski definition) is 5. The molecule has 0 spiro atoms. The van der Waals surface area contributed by atoms with Crippen LogP contribution in [0.15, 0.2) is 41.0 Å². The Hall–Kier alpha value is -2.26. The molecule has 140 valence electrons. The standard InChI is InChI=1S/C17H18F2N2O4S/c18-14-4-1-5-15(19)17(14)20-16(22)10-21(9-13-3-2-7-25-13)12-6-8-26(23,24)11-12/h1-5,7,12H,6,8-11H2,(H,20,22)/t12-/m1/s1. The fourth-order valence-electron chi connectivity index (χ4n) is 2.96. The number of carbonyl (C=O) groups is 1. The van der Waals surface area contributed by atoms with E-state index in [1.54, 1.807) is 17.0 Å². The van der Waals surface area contributed by atoms with Crippen molar-refractivity contribution >= 4 is 21.4 Å². The van der Waals surface area contributed by atoms with E-state index >= 15 is 0 Å². The molecule has 1 fully saturated rings. The molecule has 2 heterocycles. The minimum absolute atomic E-state index is 0.0515. The molecule has 9 heteroatoms. The molecule has 0 unspecified atom stereocenters. The lowest BCUT2D eigenvalue weighted by molar-refractivity contribution is -0.118. The number of nitrogens with one attached hydrogen (secondary N) is 1. The number of sulfone groups is 1. The van der Waals surface area contributed by atoms with Gasteiger partial charge >= 0.3 is 0 Å². The maximum Gasteiger partial charge on any atom is 0.238 e. The van der Waals surface area contributed by atoms with E-state index in [2.05, 4.69) is 5.32 Å². The number of amides is 1. The first-order chi connectivity index (χ1) is 12.3. The summed E-state index contributed by atoms with van der Waals surface area (Å²) in [6.07, 6.45) is 1.87. The van der Waals surface area contributed by atoms with Gasteiger partial charge in [0.05, 0.1) is 30.9 Å². The molecule has 1 amide bonds. The quantitative estimate of drug-likeness (QED) is 0.826. The summed E-state index contributed by atoms with van der Waals surface area (Å²) in [4.78, 5) is 14.0. The Morgan fingerprint density at radius 2 is 1.96 bits per heavy atom. The molecular weight excluding hydrogens is 366 g/mol. The molecule has 1 aliphatic rings. The van der Waals surface area contributed by atoms with E-state index in [0.29, 0.717) is 12.2 Å². The number of benzene rings is 1. The second kappa shape index (κ2) is 7.55. The highest BCUT2D eigenvalue weighted by molar-refractivity contribution is 7.91. The number of hydrogen-bond donors (Lipinski definition) is 1. The summed E-state index contributed by atoms with van der Waals surface area (Å²) in [6, 6.07) is 6.33. The molecule has 2 aromatic rings. The van der Waals surface area contributed by atoms with Gasteiger partial charge in [-0.25, -0.2) is 17.2 Å². The van der Waals surface area contributed by atoms with Gasteiger partial charge in [0.15, 0.2) is 9.84 Å². The molecule has 1 saturated heterocycles. The zero-order valence-corrected chi connectivity index (χ0v) is 14.6. The molecular formula is C17H18F2N2O4S. The highest BCUT2D eigenvalue weighted by Crippen LogP contribution is 2.21. The fraction of sp³-hybridized carbons (Fsp3) is 0.353. The Morgan fingerprint density at radius 3 is 2.54 bits per heavy atom. The van der Waals surface area contributed by atoms with Crippen LogP contribution < -0.4 is 5.32 Å². The van der Waals surface area contributed by atoms with Gasteiger partial charge in [0, 0.05) is 6.04 Å². The van der Waals surface area contributed by atoms with Crippen LogP contribution in [0, 0.1) is 11.6 Å². The van der Waals surface area contributed by atoms with Crippen molar-refractivity contribution in [2.24, 2.45) is 0 Å². The van der Waals surface area contributed by atoms with E-state index in [1.165, 1.54) is 12.3 Å². The minimum atomic E-state index is -3.15.